The largest absolute Gasteiger partial charge is 0.478 e. The van der Waals surface area contributed by atoms with E-state index in [0.717, 1.165) is 25.0 Å². The predicted molar refractivity (Wildman–Crippen MR) is 76.7 cm³/mol. The third-order valence-electron chi connectivity index (χ3n) is 2.79. The maximum Gasteiger partial charge on any atom is 0.335 e. The minimum absolute atomic E-state index is 0.239. The fourth-order valence-electron chi connectivity index (χ4n) is 1.83. The summed E-state index contributed by atoms with van der Waals surface area (Å²) in [7, 11) is 0. The molecule has 0 spiro atoms. The fraction of sp³-hybridized carbons (Fsp3) is 0.500. The van der Waals surface area contributed by atoms with E-state index in [2.05, 4.69) is 10.3 Å². The van der Waals surface area contributed by atoms with Gasteiger partial charge in [0.2, 0.25) is 5.91 Å². The standard InChI is InChI=1S/C14H21N3O3/c1-2-5-11-8-10(14(19)20)9-13(17-11)16-7-4-3-6-12(15)18/h8-9H,2-7H2,1H3,(H2,15,18)(H,16,17)(H,19,20). The molecule has 0 aliphatic rings. The molecular weight excluding hydrogens is 258 g/mol. The maximum absolute atomic E-state index is 11.1. The SMILES string of the molecule is CCCc1cc(C(=O)O)cc(NCCCCC(N)=O)n1. The van der Waals surface area contributed by atoms with Crippen LogP contribution in [0.3, 0.4) is 0 Å². The molecule has 6 heteroatoms. The Morgan fingerprint density at radius 1 is 1.35 bits per heavy atom. The summed E-state index contributed by atoms with van der Waals surface area (Å²) in [4.78, 5) is 26.0. The Kier molecular flexibility index (Phi) is 6.49. The average Bonchev–Trinajstić information content (AvgIpc) is 2.38. The second-order valence-corrected chi connectivity index (χ2v) is 4.64. The van der Waals surface area contributed by atoms with Gasteiger partial charge in [0, 0.05) is 18.7 Å². The van der Waals surface area contributed by atoms with Crippen LogP contribution in [0.15, 0.2) is 12.1 Å². The number of anilines is 1. The molecule has 0 fully saturated rings. The first-order valence-electron chi connectivity index (χ1n) is 6.79. The highest BCUT2D eigenvalue weighted by Gasteiger charge is 2.08. The number of nitrogens with one attached hydrogen (secondary N) is 1. The number of aromatic nitrogens is 1. The van der Waals surface area contributed by atoms with Gasteiger partial charge in [0.1, 0.15) is 5.82 Å². The summed E-state index contributed by atoms with van der Waals surface area (Å²) >= 11 is 0. The van der Waals surface area contributed by atoms with Gasteiger partial charge in [0.15, 0.2) is 0 Å². The van der Waals surface area contributed by atoms with Gasteiger partial charge in [-0.1, -0.05) is 13.3 Å². The molecule has 0 aliphatic carbocycles. The number of nitrogens with zero attached hydrogens (tertiary/aromatic N) is 1. The zero-order valence-electron chi connectivity index (χ0n) is 11.7. The number of hydrogen-bond donors (Lipinski definition) is 3. The van der Waals surface area contributed by atoms with Crippen molar-refractivity contribution in [3.8, 4) is 0 Å². The second kappa shape index (κ2) is 8.14. The van der Waals surface area contributed by atoms with E-state index in [1.165, 1.54) is 6.07 Å². The Labute approximate surface area is 118 Å². The van der Waals surface area contributed by atoms with Crippen LogP contribution in [0.1, 0.15) is 48.7 Å². The topological polar surface area (TPSA) is 105 Å². The number of carbonyl (C=O) groups is 2. The van der Waals surface area contributed by atoms with Crippen LogP contribution in [-0.2, 0) is 11.2 Å². The minimum Gasteiger partial charge on any atom is -0.478 e. The summed E-state index contributed by atoms with van der Waals surface area (Å²) in [6.45, 7) is 2.65. The molecule has 1 aromatic rings. The van der Waals surface area contributed by atoms with Crippen LogP contribution in [0.5, 0.6) is 0 Å². The number of amides is 1. The third-order valence-corrected chi connectivity index (χ3v) is 2.79. The number of carbonyl (C=O) groups excluding carboxylic acids is 1. The zero-order chi connectivity index (χ0) is 15.0. The quantitative estimate of drug-likeness (QED) is 0.598. The van der Waals surface area contributed by atoms with E-state index in [9.17, 15) is 9.59 Å². The summed E-state index contributed by atoms with van der Waals surface area (Å²) in [5.41, 5.74) is 6.06. The van der Waals surface area contributed by atoms with Gasteiger partial charge >= 0.3 is 5.97 Å². The lowest BCUT2D eigenvalue weighted by atomic mass is 10.1. The van der Waals surface area contributed by atoms with Crippen molar-refractivity contribution in [2.24, 2.45) is 5.73 Å². The first-order chi connectivity index (χ1) is 9.52. The average molecular weight is 279 g/mol. The van der Waals surface area contributed by atoms with Crippen LogP contribution in [0.2, 0.25) is 0 Å². The molecule has 0 atom stereocenters. The van der Waals surface area contributed by atoms with Crippen molar-refractivity contribution < 1.29 is 14.7 Å². The molecule has 0 saturated carbocycles. The van der Waals surface area contributed by atoms with Crippen molar-refractivity contribution in [1.29, 1.82) is 0 Å². The summed E-state index contributed by atoms with van der Waals surface area (Å²) < 4.78 is 0. The summed E-state index contributed by atoms with van der Waals surface area (Å²) in [6.07, 6.45) is 3.52. The molecule has 0 saturated heterocycles. The highest BCUT2D eigenvalue weighted by atomic mass is 16.4. The van der Waals surface area contributed by atoms with E-state index in [1.54, 1.807) is 6.07 Å². The lowest BCUT2D eigenvalue weighted by Crippen LogP contribution is -2.11. The van der Waals surface area contributed by atoms with Gasteiger partial charge in [0.05, 0.1) is 5.56 Å². The number of nitrogens with two attached hydrogens (primary N) is 1. The van der Waals surface area contributed by atoms with Gasteiger partial charge < -0.3 is 16.2 Å². The molecule has 1 heterocycles. The monoisotopic (exact) mass is 279 g/mol. The van der Waals surface area contributed by atoms with Gasteiger partial charge in [-0.2, -0.15) is 0 Å². The van der Waals surface area contributed by atoms with Gasteiger partial charge in [0.25, 0.3) is 0 Å². The number of pyridine rings is 1. The van der Waals surface area contributed by atoms with Crippen molar-refractivity contribution in [1.82, 2.24) is 4.98 Å². The van der Waals surface area contributed by atoms with Crippen LogP contribution >= 0.6 is 0 Å². The molecule has 0 aromatic carbocycles. The molecule has 20 heavy (non-hydrogen) atoms. The van der Waals surface area contributed by atoms with E-state index >= 15 is 0 Å². The summed E-state index contributed by atoms with van der Waals surface area (Å²) in [5, 5.41) is 12.2. The van der Waals surface area contributed by atoms with Crippen molar-refractivity contribution in [3.63, 3.8) is 0 Å². The number of unbranched alkanes of at least 4 members (excludes halogenated alkanes) is 1. The Morgan fingerprint density at radius 3 is 2.70 bits per heavy atom. The normalized spacial score (nSPS) is 10.2. The highest BCUT2D eigenvalue weighted by molar-refractivity contribution is 5.88. The van der Waals surface area contributed by atoms with E-state index in [1.807, 2.05) is 6.92 Å². The first kappa shape index (κ1) is 15.9. The molecule has 0 bridgehead atoms. The number of primary amides is 1. The number of rotatable bonds is 9. The van der Waals surface area contributed by atoms with Crippen LogP contribution in [0.4, 0.5) is 5.82 Å². The van der Waals surface area contributed by atoms with E-state index < -0.39 is 5.97 Å². The van der Waals surface area contributed by atoms with E-state index in [0.29, 0.717) is 25.2 Å². The Morgan fingerprint density at radius 2 is 2.10 bits per heavy atom. The lowest BCUT2D eigenvalue weighted by Gasteiger charge is -2.08. The van der Waals surface area contributed by atoms with Crippen LogP contribution in [0.25, 0.3) is 0 Å². The van der Waals surface area contributed by atoms with E-state index in [-0.39, 0.29) is 11.5 Å². The first-order valence-corrected chi connectivity index (χ1v) is 6.79. The summed E-state index contributed by atoms with van der Waals surface area (Å²) in [6, 6.07) is 3.12. The Bertz CT molecular complexity index is 475. The smallest absolute Gasteiger partial charge is 0.335 e. The molecule has 1 amide bonds. The van der Waals surface area contributed by atoms with Gasteiger partial charge in [-0.3, -0.25) is 4.79 Å². The molecule has 110 valence electrons. The number of hydrogen-bond acceptors (Lipinski definition) is 4. The molecule has 1 rings (SSSR count). The molecule has 0 aliphatic heterocycles. The highest BCUT2D eigenvalue weighted by Crippen LogP contribution is 2.12. The molecule has 0 radical (unpaired) electrons. The van der Waals surface area contributed by atoms with Gasteiger partial charge in [-0.05, 0) is 31.4 Å². The third kappa shape index (κ3) is 5.69. The van der Waals surface area contributed by atoms with Gasteiger partial charge in [-0.25, -0.2) is 9.78 Å². The Balaban J connectivity index is 2.59. The summed E-state index contributed by atoms with van der Waals surface area (Å²) in [5.74, 6) is -0.699. The van der Waals surface area contributed by atoms with Crippen LogP contribution in [-0.4, -0.2) is 28.5 Å². The molecule has 4 N–H and O–H groups in total. The number of aromatic carboxylic acids is 1. The van der Waals surface area contributed by atoms with Crippen LogP contribution < -0.4 is 11.1 Å². The van der Waals surface area contributed by atoms with Gasteiger partial charge in [-0.15, -0.1) is 0 Å². The minimum atomic E-state index is -0.957. The second-order valence-electron chi connectivity index (χ2n) is 4.64. The fourth-order valence-corrected chi connectivity index (χ4v) is 1.83. The van der Waals surface area contributed by atoms with Crippen molar-refractivity contribution >= 4 is 17.7 Å². The molecule has 6 nitrogen and oxygen atoms in total. The zero-order valence-corrected chi connectivity index (χ0v) is 11.7. The molecule has 1 aromatic heterocycles. The Hall–Kier alpha value is -2.11. The van der Waals surface area contributed by atoms with Crippen molar-refractivity contribution in [2.75, 3.05) is 11.9 Å². The van der Waals surface area contributed by atoms with E-state index in [4.69, 9.17) is 10.8 Å². The van der Waals surface area contributed by atoms with Crippen LogP contribution in [0, 0.1) is 0 Å². The molecular formula is C14H21N3O3. The number of carboxylic acids is 1. The number of carboxylic acid groups (broad SMARTS) is 1. The molecule has 0 unspecified atom stereocenters. The lowest BCUT2D eigenvalue weighted by molar-refractivity contribution is -0.118. The predicted octanol–water partition coefficient (Wildman–Crippen LogP) is 1.80. The van der Waals surface area contributed by atoms with Crippen molar-refractivity contribution in [3.05, 3.63) is 23.4 Å². The maximum atomic E-state index is 11.1. The van der Waals surface area contributed by atoms with Crippen molar-refractivity contribution in [2.45, 2.75) is 39.0 Å². The number of aryl methyl sites for hydroxylation is 1.